The molecule has 0 spiro atoms. The van der Waals surface area contributed by atoms with E-state index in [0.717, 1.165) is 12.3 Å². The van der Waals surface area contributed by atoms with E-state index >= 15 is 0 Å². The smallest absolute Gasteiger partial charge is 0.175 e. The first-order valence-corrected chi connectivity index (χ1v) is 6.47. The fourth-order valence-electron chi connectivity index (χ4n) is 1.25. The van der Waals surface area contributed by atoms with Crippen molar-refractivity contribution in [2.24, 2.45) is 0 Å². The Balaban J connectivity index is 3.06. The maximum absolute atomic E-state index is 13.1. The van der Waals surface area contributed by atoms with Crippen molar-refractivity contribution in [2.45, 2.75) is 11.3 Å². The second kappa shape index (κ2) is 4.72. The van der Waals surface area contributed by atoms with Gasteiger partial charge >= 0.3 is 0 Å². The molecule has 84 valence electrons. The maximum atomic E-state index is 13.1. The van der Waals surface area contributed by atoms with Gasteiger partial charge in [-0.25, -0.2) is 12.8 Å². The highest BCUT2D eigenvalue weighted by atomic mass is 32.2. The van der Waals surface area contributed by atoms with Crippen LogP contribution in [0.25, 0.3) is 0 Å². The molecule has 0 bridgehead atoms. The lowest BCUT2D eigenvalue weighted by atomic mass is 10.1. The molecule has 5 heteroatoms. The van der Waals surface area contributed by atoms with Crippen LogP contribution in [0.15, 0.2) is 23.1 Å². The molecule has 0 radical (unpaired) electrons. The first kappa shape index (κ1) is 12.1. The largest absolute Gasteiger partial charge is 0.319 e. The summed E-state index contributed by atoms with van der Waals surface area (Å²) in [6.07, 6.45) is 1.68. The number of likely N-dealkylation sites (N-methyl/N-ethyl adjacent to an activating group) is 1. The number of benzene rings is 1. The van der Waals surface area contributed by atoms with Gasteiger partial charge in [0.1, 0.15) is 5.82 Å². The van der Waals surface area contributed by atoms with Gasteiger partial charge in [-0.2, -0.15) is 0 Å². The van der Waals surface area contributed by atoms with E-state index in [-0.39, 0.29) is 4.90 Å². The molecule has 0 aliphatic heterocycles. The van der Waals surface area contributed by atoms with E-state index in [1.54, 1.807) is 7.05 Å². The van der Waals surface area contributed by atoms with E-state index in [0.29, 0.717) is 18.5 Å². The molecule has 0 aromatic heterocycles. The van der Waals surface area contributed by atoms with Crippen LogP contribution in [0.3, 0.4) is 0 Å². The number of nitrogens with one attached hydrogen (secondary N) is 1. The zero-order valence-electron chi connectivity index (χ0n) is 8.75. The van der Waals surface area contributed by atoms with Gasteiger partial charge in [-0.15, -0.1) is 0 Å². The first-order chi connectivity index (χ1) is 6.93. The van der Waals surface area contributed by atoms with Gasteiger partial charge < -0.3 is 5.32 Å². The molecule has 0 saturated carbocycles. The average Bonchev–Trinajstić information content (AvgIpc) is 2.12. The van der Waals surface area contributed by atoms with Gasteiger partial charge in [-0.3, -0.25) is 0 Å². The van der Waals surface area contributed by atoms with Crippen LogP contribution in [0.1, 0.15) is 5.56 Å². The highest BCUT2D eigenvalue weighted by molar-refractivity contribution is 7.90. The number of rotatable bonds is 4. The van der Waals surface area contributed by atoms with Gasteiger partial charge in [0.25, 0.3) is 0 Å². The molecule has 0 fully saturated rings. The SMILES string of the molecule is CNCCc1cc(F)cc(S(C)(=O)=O)c1. The van der Waals surface area contributed by atoms with Crippen LogP contribution in [-0.4, -0.2) is 28.3 Å². The summed E-state index contributed by atoms with van der Waals surface area (Å²) < 4.78 is 35.6. The van der Waals surface area contributed by atoms with Crippen LogP contribution < -0.4 is 5.32 Å². The number of sulfone groups is 1. The van der Waals surface area contributed by atoms with Crippen molar-refractivity contribution < 1.29 is 12.8 Å². The predicted octanol–water partition coefficient (Wildman–Crippen LogP) is 0.991. The van der Waals surface area contributed by atoms with Crippen LogP contribution in [0.5, 0.6) is 0 Å². The van der Waals surface area contributed by atoms with E-state index in [2.05, 4.69) is 5.32 Å². The fraction of sp³-hybridized carbons (Fsp3) is 0.400. The molecule has 0 unspecified atom stereocenters. The van der Waals surface area contributed by atoms with Crippen molar-refractivity contribution >= 4 is 9.84 Å². The quantitative estimate of drug-likeness (QED) is 0.840. The predicted molar refractivity (Wildman–Crippen MR) is 57.1 cm³/mol. The first-order valence-electron chi connectivity index (χ1n) is 4.57. The lowest BCUT2D eigenvalue weighted by molar-refractivity contribution is 0.594. The third-order valence-electron chi connectivity index (χ3n) is 2.02. The minimum atomic E-state index is -3.33. The monoisotopic (exact) mass is 231 g/mol. The Morgan fingerprint density at radius 3 is 2.53 bits per heavy atom. The van der Waals surface area contributed by atoms with Gasteiger partial charge in [0.15, 0.2) is 9.84 Å². The molecule has 0 heterocycles. The summed E-state index contributed by atoms with van der Waals surface area (Å²) >= 11 is 0. The van der Waals surface area contributed by atoms with Gasteiger partial charge in [-0.1, -0.05) is 0 Å². The molecule has 0 aliphatic rings. The fourth-order valence-corrected chi connectivity index (χ4v) is 1.94. The lowest BCUT2D eigenvalue weighted by Crippen LogP contribution is -2.11. The topological polar surface area (TPSA) is 46.2 Å². The van der Waals surface area contributed by atoms with Crippen molar-refractivity contribution in [3.63, 3.8) is 0 Å². The lowest BCUT2D eigenvalue weighted by Gasteiger charge is -2.04. The van der Waals surface area contributed by atoms with E-state index in [9.17, 15) is 12.8 Å². The van der Waals surface area contributed by atoms with E-state index in [1.165, 1.54) is 12.1 Å². The Morgan fingerprint density at radius 1 is 1.33 bits per heavy atom. The third-order valence-corrected chi connectivity index (χ3v) is 3.11. The summed E-state index contributed by atoms with van der Waals surface area (Å²) in [6, 6.07) is 3.90. The Kier molecular flexibility index (Phi) is 3.82. The summed E-state index contributed by atoms with van der Waals surface area (Å²) in [5.41, 5.74) is 0.685. The average molecular weight is 231 g/mol. The van der Waals surface area contributed by atoms with Crippen molar-refractivity contribution in [3.8, 4) is 0 Å². The third kappa shape index (κ3) is 3.60. The Bertz CT molecular complexity index is 443. The number of hydrogen-bond acceptors (Lipinski definition) is 3. The maximum Gasteiger partial charge on any atom is 0.175 e. The zero-order valence-corrected chi connectivity index (χ0v) is 9.57. The summed E-state index contributed by atoms with van der Waals surface area (Å²) in [5, 5.41) is 2.92. The molecule has 0 aliphatic carbocycles. The van der Waals surface area contributed by atoms with Crippen LogP contribution in [0.2, 0.25) is 0 Å². The van der Waals surface area contributed by atoms with E-state index in [1.807, 2.05) is 0 Å². The molecule has 1 aromatic rings. The van der Waals surface area contributed by atoms with Gasteiger partial charge in [0, 0.05) is 6.26 Å². The highest BCUT2D eigenvalue weighted by Gasteiger charge is 2.09. The normalized spacial score (nSPS) is 11.7. The van der Waals surface area contributed by atoms with Gasteiger partial charge in [0.05, 0.1) is 4.90 Å². The van der Waals surface area contributed by atoms with Crippen LogP contribution in [0, 0.1) is 5.82 Å². The summed E-state index contributed by atoms with van der Waals surface area (Å²) in [5.74, 6) is -0.510. The van der Waals surface area contributed by atoms with E-state index < -0.39 is 15.7 Å². The Hall–Kier alpha value is -0.940. The molecule has 1 aromatic carbocycles. The standard InChI is InChI=1S/C10H14FNO2S/c1-12-4-3-8-5-9(11)7-10(6-8)15(2,13)14/h5-7,12H,3-4H2,1-2H3. The molecular formula is C10H14FNO2S. The Morgan fingerprint density at radius 2 is 2.00 bits per heavy atom. The molecule has 15 heavy (non-hydrogen) atoms. The summed E-state index contributed by atoms with van der Waals surface area (Å²) in [6.45, 7) is 0.687. The second-order valence-electron chi connectivity index (χ2n) is 3.42. The molecule has 1 rings (SSSR count). The van der Waals surface area contributed by atoms with Gasteiger partial charge in [0.2, 0.25) is 0 Å². The molecule has 0 saturated heterocycles. The van der Waals surface area contributed by atoms with Crippen LogP contribution in [-0.2, 0) is 16.3 Å². The van der Waals surface area contributed by atoms with Crippen molar-refractivity contribution in [2.75, 3.05) is 19.8 Å². The zero-order chi connectivity index (χ0) is 11.5. The molecule has 3 nitrogen and oxygen atoms in total. The van der Waals surface area contributed by atoms with Crippen molar-refractivity contribution in [3.05, 3.63) is 29.6 Å². The number of halogens is 1. The summed E-state index contributed by atoms with van der Waals surface area (Å²) in [4.78, 5) is 0.0357. The van der Waals surface area contributed by atoms with Crippen LogP contribution in [0.4, 0.5) is 4.39 Å². The Labute approximate surface area is 89.2 Å². The minimum absolute atomic E-state index is 0.0357. The summed E-state index contributed by atoms with van der Waals surface area (Å²) in [7, 11) is -1.54. The molecular weight excluding hydrogens is 217 g/mol. The minimum Gasteiger partial charge on any atom is -0.319 e. The number of hydrogen-bond donors (Lipinski definition) is 1. The van der Waals surface area contributed by atoms with Crippen LogP contribution >= 0.6 is 0 Å². The van der Waals surface area contributed by atoms with Crippen molar-refractivity contribution in [1.82, 2.24) is 5.32 Å². The second-order valence-corrected chi connectivity index (χ2v) is 5.44. The molecule has 0 amide bonds. The van der Waals surface area contributed by atoms with E-state index in [4.69, 9.17) is 0 Å². The van der Waals surface area contributed by atoms with Gasteiger partial charge in [-0.05, 0) is 43.8 Å². The molecule has 0 atom stereocenters. The van der Waals surface area contributed by atoms with Crippen molar-refractivity contribution in [1.29, 1.82) is 0 Å². The molecule has 1 N–H and O–H groups in total. The highest BCUT2D eigenvalue weighted by Crippen LogP contribution is 2.14.